The van der Waals surface area contributed by atoms with Crippen molar-refractivity contribution < 1.29 is 15.0 Å². The van der Waals surface area contributed by atoms with E-state index in [2.05, 4.69) is 0 Å². The molecule has 0 atom stereocenters. The van der Waals surface area contributed by atoms with Crippen molar-refractivity contribution in [3.63, 3.8) is 0 Å². The first-order valence-electron chi connectivity index (χ1n) is 4.49. The molecule has 0 aliphatic rings. The first-order valence-corrected chi connectivity index (χ1v) is 4.49. The lowest BCUT2D eigenvalue weighted by Crippen LogP contribution is -2.16. The maximum Gasteiger partial charge on any atom is 0.328 e. The predicted molar refractivity (Wildman–Crippen MR) is 58.2 cm³/mol. The van der Waals surface area contributed by atoms with Crippen LogP contribution in [-0.2, 0) is 4.79 Å². The molecule has 0 saturated carbocycles. The Balaban J connectivity index is 2.57. The molecule has 1 aromatic rings. The number of hydrogen-bond donors (Lipinski definition) is 2. The highest BCUT2D eigenvalue weighted by Crippen LogP contribution is 2.16. The molecular weight excluding hydrogens is 194 g/mol. The molecule has 1 aromatic carbocycles. The van der Waals surface area contributed by atoms with Gasteiger partial charge in [-0.25, -0.2) is 4.79 Å². The number of nitrogens with zero attached hydrogens (tertiary/aromatic N) is 1. The topological polar surface area (TPSA) is 60.8 Å². The number of phenolic OH excluding ortho intramolecular Hbond substituents is 1. The van der Waals surface area contributed by atoms with Crippen LogP contribution in [-0.4, -0.2) is 29.8 Å². The van der Waals surface area contributed by atoms with Crippen LogP contribution in [0, 0.1) is 0 Å². The van der Waals surface area contributed by atoms with Gasteiger partial charge >= 0.3 is 5.97 Å². The molecule has 0 amide bonds. The minimum atomic E-state index is -0.950. The average molecular weight is 207 g/mol. The number of likely N-dealkylation sites (N-methyl/N-ethyl adjacent to an activating group) is 1. The molecule has 0 saturated heterocycles. The van der Waals surface area contributed by atoms with Gasteiger partial charge < -0.3 is 15.1 Å². The summed E-state index contributed by atoms with van der Waals surface area (Å²) in [6.45, 7) is 0.511. The number of carboxylic acid groups (broad SMARTS) is 1. The zero-order valence-corrected chi connectivity index (χ0v) is 8.42. The first-order chi connectivity index (χ1) is 7.09. The van der Waals surface area contributed by atoms with E-state index in [1.165, 1.54) is 0 Å². The fraction of sp³-hybridized carbons (Fsp3) is 0.182. The molecule has 80 valence electrons. The van der Waals surface area contributed by atoms with Crippen LogP contribution in [0.1, 0.15) is 0 Å². The maximum absolute atomic E-state index is 10.2. The van der Waals surface area contributed by atoms with Crippen LogP contribution in [0.2, 0.25) is 0 Å². The molecular formula is C11H13NO3. The van der Waals surface area contributed by atoms with E-state index in [1.54, 1.807) is 30.3 Å². The van der Waals surface area contributed by atoms with Crippen molar-refractivity contribution in [2.45, 2.75) is 0 Å². The van der Waals surface area contributed by atoms with Gasteiger partial charge in [0.1, 0.15) is 5.75 Å². The van der Waals surface area contributed by atoms with Crippen molar-refractivity contribution in [1.82, 2.24) is 0 Å². The van der Waals surface area contributed by atoms with E-state index >= 15 is 0 Å². The Kier molecular flexibility index (Phi) is 3.74. The van der Waals surface area contributed by atoms with Gasteiger partial charge in [-0.15, -0.1) is 0 Å². The molecule has 0 unspecified atom stereocenters. The SMILES string of the molecule is CN(CC=CC(=O)O)c1ccc(O)cc1. The fourth-order valence-corrected chi connectivity index (χ4v) is 1.12. The Bertz CT molecular complexity index is 357. The van der Waals surface area contributed by atoms with Gasteiger partial charge in [-0.3, -0.25) is 0 Å². The quantitative estimate of drug-likeness (QED) is 0.734. The van der Waals surface area contributed by atoms with Crippen LogP contribution < -0.4 is 4.90 Å². The summed E-state index contributed by atoms with van der Waals surface area (Å²) in [5.74, 6) is -0.734. The van der Waals surface area contributed by atoms with Gasteiger partial charge in [0.15, 0.2) is 0 Å². The number of aliphatic carboxylic acids is 1. The monoisotopic (exact) mass is 207 g/mol. The number of rotatable bonds is 4. The van der Waals surface area contributed by atoms with E-state index in [9.17, 15) is 4.79 Å². The van der Waals surface area contributed by atoms with E-state index in [4.69, 9.17) is 10.2 Å². The highest BCUT2D eigenvalue weighted by Gasteiger charge is 1.98. The minimum Gasteiger partial charge on any atom is -0.508 e. The molecule has 15 heavy (non-hydrogen) atoms. The predicted octanol–water partition coefficient (Wildman–Crippen LogP) is 1.47. The Hall–Kier alpha value is -1.97. The lowest BCUT2D eigenvalue weighted by molar-refractivity contribution is -0.131. The summed E-state index contributed by atoms with van der Waals surface area (Å²) in [6, 6.07) is 6.72. The van der Waals surface area contributed by atoms with Gasteiger partial charge in [0.25, 0.3) is 0 Å². The van der Waals surface area contributed by atoms with Crippen LogP contribution in [0.25, 0.3) is 0 Å². The number of aromatic hydroxyl groups is 1. The van der Waals surface area contributed by atoms with Crippen molar-refractivity contribution >= 4 is 11.7 Å². The minimum absolute atomic E-state index is 0.216. The molecule has 0 aliphatic heterocycles. The van der Waals surface area contributed by atoms with Crippen LogP contribution >= 0.6 is 0 Å². The zero-order chi connectivity index (χ0) is 11.3. The average Bonchev–Trinajstić information content (AvgIpc) is 2.18. The van der Waals surface area contributed by atoms with Gasteiger partial charge in [-0.1, -0.05) is 6.08 Å². The second-order valence-corrected chi connectivity index (χ2v) is 3.14. The van der Waals surface area contributed by atoms with Crippen LogP contribution in [0.4, 0.5) is 5.69 Å². The standard InChI is InChI=1S/C11H13NO3/c1-12(8-2-3-11(14)15)9-4-6-10(13)7-5-9/h2-7,13H,8H2,1H3,(H,14,15). The molecule has 0 bridgehead atoms. The van der Waals surface area contributed by atoms with Crippen molar-refractivity contribution in [2.75, 3.05) is 18.5 Å². The highest BCUT2D eigenvalue weighted by atomic mass is 16.4. The van der Waals surface area contributed by atoms with E-state index in [0.29, 0.717) is 6.54 Å². The third-order valence-corrected chi connectivity index (χ3v) is 1.93. The van der Waals surface area contributed by atoms with Gasteiger partial charge in [-0.2, -0.15) is 0 Å². The van der Waals surface area contributed by atoms with Gasteiger partial charge in [0.05, 0.1) is 0 Å². The summed E-state index contributed by atoms with van der Waals surface area (Å²) < 4.78 is 0. The molecule has 0 aromatic heterocycles. The molecule has 4 heteroatoms. The molecule has 0 heterocycles. The third-order valence-electron chi connectivity index (χ3n) is 1.93. The lowest BCUT2D eigenvalue weighted by atomic mass is 10.3. The Labute approximate surface area is 88.1 Å². The van der Waals surface area contributed by atoms with Gasteiger partial charge in [0.2, 0.25) is 0 Å². The molecule has 2 N–H and O–H groups in total. The second-order valence-electron chi connectivity index (χ2n) is 3.14. The summed E-state index contributed by atoms with van der Waals surface area (Å²) in [7, 11) is 1.85. The molecule has 1 rings (SSSR count). The van der Waals surface area contributed by atoms with Crippen LogP contribution in [0.5, 0.6) is 5.75 Å². The summed E-state index contributed by atoms with van der Waals surface area (Å²) in [5.41, 5.74) is 0.919. The normalized spacial score (nSPS) is 10.5. The highest BCUT2D eigenvalue weighted by molar-refractivity contribution is 5.79. The summed E-state index contributed by atoms with van der Waals surface area (Å²) in [6.07, 6.45) is 2.67. The smallest absolute Gasteiger partial charge is 0.328 e. The van der Waals surface area contributed by atoms with E-state index in [1.807, 2.05) is 11.9 Å². The fourth-order valence-electron chi connectivity index (χ4n) is 1.12. The summed E-state index contributed by atoms with van der Waals surface area (Å²) in [4.78, 5) is 12.1. The number of carboxylic acids is 1. The molecule has 0 aliphatic carbocycles. The zero-order valence-electron chi connectivity index (χ0n) is 8.42. The van der Waals surface area contributed by atoms with Crippen molar-refractivity contribution in [3.8, 4) is 5.75 Å². The lowest BCUT2D eigenvalue weighted by Gasteiger charge is -2.16. The Morgan fingerprint density at radius 1 is 1.40 bits per heavy atom. The van der Waals surface area contributed by atoms with Gasteiger partial charge in [-0.05, 0) is 24.3 Å². The largest absolute Gasteiger partial charge is 0.508 e. The number of benzene rings is 1. The summed E-state index contributed by atoms with van der Waals surface area (Å²) in [5, 5.41) is 17.5. The summed E-state index contributed by atoms with van der Waals surface area (Å²) >= 11 is 0. The van der Waals surface area contributed by atoms with E-state index in [-0.39, 0.29) is 5.75 Å². The molecule has 0 fully saturated rings. The third kappa shape index (κ3) is 3.72. The van der Waals surface area contributed by atoms with Crippen molar-refractivity contribution in [2.24, 2.45) is 0 Å². The number of anilines is 1. The van der Waals surface area contributed by atoms with Gasteiger partial charge in [0, 0.05) is 25.4 Å². The van der Waals surface area contributed by atoms with Crippen LogP contribution in [0.15, 0.2) is 36.4 Å². The van der Waals surface area contributed by atoms with Crippen molar-refractivity contribution in [1.29, 1.82) is 0 Å². The first kappa shape index (κ1) is 11.1. The number of phenols is 1. The Morgan fingerprint density at radius 2 is 2.00 bits per heavy atom. The molecule has 0 radical (unpaired) electrons. The van der Waals surface area contributed by atoms with E-state index < -0.39 is 5.97 Å². The number of carbonyl (C=O) groups is 1. The molecule has 4 nitrogen and oxygen atoms in total. The van der Waals surface area contributed by atoms with Crippen LogP contribution in [0.3, 0.4) is 0 Å². The number of hydrogen-bond acceptors (Lipinski definition) is 3. The molecule has 0 spiro atoms. The maximum atomic E-state index is 10.2. The van der Waals surface area contributed by atoms with Crippen molar-refractivity contribution in [3.05, 3.63) is 36.4 Å². The Morgan fingerprint density at radius 3 is 2.53 bits per heavy atom. The van der Waals surface area contributed by atoms with E-state index in [0.717, 1.165) is 11.8 Å². The second kappa shape index (κ2) is 5.05.